The molecule has 4 nitrogen and oxygen atoms in total. The molecule has 6 aliphatic rings. The Bertz CT molecular complexity index is 1160. The summed E-state index contributed by atoms with van der Waals surface area (Å²) >= 11 is 0. The van der Waals surface area contributed by atoms with Crippen LogP contribution in [-0.4, -0.2) is 50.0 Å². The molecule has 3 heterocycles. The zero-order valence-electron chi connectivity index (χ0n) is 21.6. The highest BCUT2D eigenvalue weighted by Crippen LogP contribution is 2.69. The van der Waals surface area contributed by atoms with Crippen molar-refractivity contribution in [1.82, 2.24) is 4.90 Å². The molecule has 2 saturated carbocycles. The summed E-state index contributed by atoms with van der Waals surface area (Å²) in [6.07, 6.45) is 11.9. The van der Waals surface area contributed by atoms with Crippen molar-refractivity contribution in [2.24, 2.45) is 17.3 Å². The number of ether oxygens (including phenoxy) is 3. The number of hydrogen-bond donors (Lipinski definition) is 0. The minimum Gasteiger partial charge on any atom is -0.493 e. The van der Waals surface area contributed by atoms with Gasteiger partial charge in [-0.1, -0.05) is 42.8 Å². The first-order valence-corrected chi connectivity index (χ1v) is 14.5. The SMILES string of the molecule is COc1ccc2c3c1OC1[C@H]4OC[C@@]4(CCCCc4ccccc4)CC4C(C2)N(CC2CC2)CCC341. The van der Waals surface area contributed by atoms with E-state index in [1.54, 1.807) is 7.11 Å². The van der Waals surface area contributed by atoms with Crippen molar-refractivity contribution in [1.29, 1.82) is 0 Å². The molecule has 0 aromatic heterocycles. The second kappa shape index (κ2) is 7.98. The Morgan fingerprint density at radius 1 is 1.06 bits per heavy atom. The minimum absolute atomic E-state index is 0.112. The maximum atomic E-state index is 7.00. The topological polar surface area (TPSA) is 30.9 Å². The summed E-state index contributed by atoms with van der Waals surface area (Å²) in [5.41, 5.74) is 4.88. The first-order valence-electron chi connectivity index (χ1n) is 14.5. The average Bonchev–Trinajstić information content (AvgIpc) is 3.65. The van der Waals surface area contributed by atoms with Gasteiger partial charge in [-0.2, -0.15) is 0 Å². The molecule has 3 aliphatic carbocycles. The van der Waals surface area contributed by atoms with Gasteiger partial charge >= 0.3 is 0 Å². The molecule has 1 spiro atoms. The number of nitrogens with zero attached hydrogens (tertiary/aromatic N) is 1. The Morgan fingerprint density at radius 3 is 2.72 bits per heavy atom. The Morgan fingerprint density at radius 2 is 1.94 bits per heavy atom. The standard InChI is InChI=1S/C32H39NO3/c1-34-26-13-12-23-17-25-24-18-31(14-6-5-9-21-7-3-2-4-8-21)20-35-29(31)30-32(24,27(23)28(26)36-30)15-16-33(25)19-22-10-11-22/h2-4,7-8,12-13,22,24-25,29-30H,5-6,9-11,14-20H2,1H3/t24?,25?,29-,30?,31-,32?/m1/s1. The maximum absolute atomic E-state index is 7.00. The van der Waals surface area contributed by atoms with Crippen LogP contribution < -0.4 is 9.47 Å². The van der Waals surface area contributed by atoms with Crippen LogP contribution in [0.4, 0.5) is 0 Å². The first-order chi connectivity index (χ1) is 17.7. The molecule has 4 fully saturated rings. The molecule has 4 heteroatoms. The van der Waals surface area contributed by atoms with E-state index in [1.807, 2.05) is 0 Å². The number of benzene rings is 2. The van der Waals surface area contributed by atoms with Crippen molar-refractivity contribution in [3.63, 3.8) is 0 Å². The van der Waals surface area contributed by atoms with Crippen LogP contribution in [0.15, 0.2) is 42.5 Å². The second-order valence-electron chi connectivity index (χ2n) is 12.8. The van der Waals surface area contributed by atoms with Crippen LogP contribution in [0.25, 0.3) is 0 Å². The number of rotatable bonds is 8. The molecule has 190 valence electrons. The van der Waals surface area contributed by atoms with Crippen molar-refractivity contribution < 1.29 is 14.2 Å². The monoisotopic (exact) mass is 485 g/mol. The summed E-state index contributed by atoms with van der Waals surface area (Å²) in [7, 11) is 1.79. The van der Waals surface area contributed by atoms with E-state index in [4.69, 9.17) is 14.2 Å². The summed E-state index contributed by atoms with van der Waals surface area (Å²) in [6, 6.07) is 16.1. The first kappa shape index (κ1) is 22.0. The Hall–Kier alpha value is -2.04. The van der Waals surface area contributed by atoms with E-state index < -0.39 is 0 Å². The van der Waals surface area contributed by atoms with Crippen LogP contribution in [0, 0.1) is 17.3 Å². The fraction of sp³-hybridized carbons (Fsp3) is 0.625. The van der Waals surface area contributed by atoms with Crippen LogP contribution in [0.1, 0.15) is 61.6 Å². The number of likely N-dealkylation sites (tertiary alicyclic amines) is 1. The number of fused-ring (bicyclic) bond motifs is 2. The Labute approximate surface area is 215 Å². The van der Waals surface area contributed by atoms with Gasteiger partial charge in [0.25, 0.3) is 0 Å². The van der Waals surface area contributed by atoms with Gasteiger partial charge in [-0.15, -0.1) is 0 Å². The highest BCUT2D eigenvalue weighted by atomic mass is 16.6. The van der Waals surface area contributed by atoms with Crippen molar-refractivity contribution in [2.45, 2.75) is 81.5 Å². The van der Waals surface area contributed by atoms with Crippen molar-refractivity contribution in [2.75, 3.05) is 26.8 Å². The van der Waals surface area contributed by atoms with Gasteiger partial charge in [-0.05, 0) is 86.9 Å². The predicted molar refractivity (Wildman–Crippen MR) is 140 cm³/mol. The Kier molecular flexibility index (Phi) is 4.87. The molecule has 3 aliphatic heterocycles. The third kappa shape index (κ3) is 3.01. The summed E-state index contributed by atoms with van der Waals surface area (Å²) in [4.78, 5) is 2.90. The van der Waals surface area contributed by atoms with Crippen LogP contribution >= 0.6 is 0 Å². The van der Waals surface area contributed by atoms with Gasteiger partial charge in [0, 0.05) is 29.0 Å². The van der Waals surface area contributed by atoms with Gasteiger partial charge in [-0.3, -0.25) is 4.90 Å². The van der Waals surface area contributed by atoms with Crippen LogP contribution in [0.3, 0.4) is 0 Å². The van der Waals surface area contributed by atoms with Crippen LogP contribution in [0.2, 0.25) is 0 Å². The molecule has 36 heavy (non-hydrogen) atoms. The molecule has 2 saturated heterocycles. The zero-order chi connectivity index (χ0) is 23.9. The van der Waals surface area contributed by atoms with E-state index in [2.05, 4.69) is 47.4 Å². The maximum Gasteiger partial charge on any atom is 0.165 e. The lowest BCUT2D eigenvalue weighted by atomic mass is 9.45. The average molecular weight is 486 g/mol. The lowest BCUT2D eigenvalue weighted by Gasteiger charge is -2.67. The zero-order valence-corrected chi connectivity index (χ0v) is 21.6. The summed E-state index contributed by atoms with van der Waals surface area (Å²) in [6.45, 7) is 3.45. The lowest BCUT2D eigenvalue weighted by molar-refractivity contribution is -0.280. The van der Waals surface area contributed by atoms with Gasteiger partial charge < -0.3 is 14.2 Å². The van der Waals surface area contributed by atoms with E-state index in [9.17, 15) is 0 Å². The summed E-state index contributed by atoms with van der Waals surface area (Å²) < 4.78 is 19.3. The molecule has 4 unspecified atom stereocenters. The third-order valence-electron chi connectivity index (χ3n) is 11.0. The molecule has 8 rings (SSSR count). The van der Waals surface area contributed by atoms with Crippen LogP contribution in [-0.2, 0) is 23.0 Å². The number of hydrogen-bond acceptors (Lipinski definition) is 4. The van der Waals surface area contributed by atoms with E-state index in [0.29, 0.717) is 12.0 Å². The van der Waals surface area contributed by atoms with Crippen molar-refractivity contribution in [3.05, 3.63) is 59.2 Å². The van der Waals surface area contributed by atoms with Gasteiger partial charge in [0.15, 0.2) is 11.5 Å². The van der Waals surface area contributed by atoms with E-state index in [1.165, 1.54) is 87.6 Å². The molecule has 6 atom stereocenters. The Balaban J connectivity index is 1.12. The lowest BCUT2D eigenvalue weighted by Crippen LogP contribution is -2.75. The number of piperidine rings is 1. The van der Waals surface area contributed by atoms with Gasteiger partial charge in [0.2, 0.25) is 0 Å². The highest BCUT2D eigenvalue weighted by Gasteiger charge is 2.73. The molecule has 0 radical (unpaired) electrons. The molecule has 2 aromatic rings. The molecule has 0 amide bonds. The quantitative estimate of drug-likeness (QED) is 0.459. The highest BCUT2D eigenvalue weighted by molar-refractivity contribution is 5.61. The molecular weight excluding hydrogens is 446 g/mol. The van der Waals surface area contributed by atoms with Crippen molar-refractivity contribution in [3.8, 4) is 11.5 Å². The van der Waals surface area contributed by atoms with E-state index in [0.717, 1.165) is 24.0 Å². The molecule has 2 bridgehead atoms. The molecule has 2 aromatic carbocycles. The van der Waals surface area contributed by atoms with E-state index in [-0.39, 0.29) is 23.0 Å². The van der Waals surface area contributed by atoms with E-state index >= 15 is 0 Å². The number of methoxy groups -OCH3 is 1. The summed E-state index contributed by atoms with van der Waals surface area (Å²) in [5, 5.41) is 0. The van der Waals surface area contributed by atoms with Gasteiger partial charge in [0.1, 0.15) is 12.2 Å². The molecule has 0 N–H and O–H groups in total. The second-order valence-corrected chi connectivity index (χ2v) is 12.8. The third-order valence-corrected chi connectivity index (χ3v) is 11.0. The largest absolute Gasteiger partial charge is 0.493 e. The fourth-order valence-electron chi connectivity index (χ4n) is 9.09. The van der Waals surface area contributed by atoms with Gasteiger partial charge in [-0.25, -0.2) is 0 Å². The smallest absolute Gasteiger partial charge is 0.165 e. The number of aryl methyl sites for hydroxylation is 1. The minimum atomic E-state index is 0.112. The van der Waals surface area contributed by atoms with Gasteiger partial charge in [0.05, 0.1) is 13.7 Å². The van der Waals surface area contributed by atoms with Crippen molar-refractivity contribution >= 4 is 0 Å². The summed E-state index contributed by atoms with van der Waals surface area (Å²) in [5.74, 6) is 3.58. The predicted octanol–water partition coefficient (Wildman–Crippen LogP) is 5.55. The number of unbranched alkanes of at least 4 members (excludes halogenated alkanes) is 1. The fourth-order valence-corrected chi connectivity index (χ4v) is 9.09. The normalized spacial score (nSPS) is 37.5. The molecular formula is C32H39NO3. The van der Waals surface area contributed by atoms with Crippen LogP contribution in [0.5, 0.6) is 11.5 Å².